The second-order valence-corrected chi connectivity index (χ2v) is 8.88. The molecule has 0 aromatic carbocycles. The summed E-state index contributed by atoms with van der Waals surface area (Å²) in [5.74, 6) is 0. The summed E-state index contributed by atoms with van der Waals surface area (Å²) in [6.07, 6.45) is 12.9. The van der Waals surface area contributed by atoms with E-state index in [2.05, 4.69) is 31.4 Å². The lowest BCUT2D eigenvalue weighted by Crippen LogP contribution is -1.85. The van der Waals surface area contributed by atoms with Crippen LogP contribution in [0.4, 0.5) is 0 Å². The largest absolute Gasteiger partial charge is 0.143 e. The number of rotatable bonds is 11. The highest BCUT2D eigenvalue weighted by Crippen LogP contribution is 2.40. The van der Waals surface area contributed by atoms with Crippen LogP contribution in [0.3, 0.4) is 0 Å². The van der Waals surface area contributed by atoms with Crippen LogP contribution >= 0.6 is 34.3 Å². The lowest BCUT2D eigenvalue weighted by molar-refractivity contribution is 0.667. The van der Waals surface area contributed by atoms with Crippen LogP contribution in [0.15, 0.2) is 17.5 Å². The highest BCUT2D eigenvalue weighted by Gasteiger charge is 2.13. The summed E-state index contributed by atoms with van der Waals surface area (Å²) in [4.78, 5) is 2.83. The third-order valence-electron chi connectivity index (χ3n) is 4.33. The molecule has 0 amide bonds. The zero-order valence-electron chi connectivity index (χ0n) is 14.5. The van der Waals surface area contributed by atoms with Crippen molar-refractivity contribution in [3.05, 3.63) is 33.0 Å². The Morgan fingerprint density at radius 2 is 1.52 bits per heavy atom. The molecule has 2 heterocycles. The van der Waals surface area contributed by atoms with Crippen molar-refractivity contribution >= 4 is 34.3 Å². The van der Waals surface area contributed by atoms with Crippen molar-refractivity contribution in [1.82, 2.24) is 0 Å². The Labute approximate surface area is 154 Å². The Morgan fingerprint density at radius 3 is 2.17 bits per heavy atom. The predicted octanol–water partition coefficient (Wildman–Crippen LogP) is 8.38. The molecule has 0 aliphatic rings. The van der Waals surface area contributed by atoms with Gasteiger partial charge >= 0.3 is 0 Å². The molecule has 128 valence electrons. The third-order valence-corrected chi connectivity index (χ3v) is 6.90. The molecule has 0 saturated heterocycles. The highest BCUT2D eigenvalue weighted by atomic mass is 35.5. The van der Waals surface area contributed by atoms with E-state index in [0.717, 1.165) is 10.8 Å². The summed E-state index contributed by atoms with van der Waals surface area (Å²) < 4.78 is 1.00. The van der Waals surface area contributed by atoms with Crippen molar-refractivity contribution in [2.45, 2.75) is 78.1 Å². The minimum Gasteiger partial charge on any atom is -0.143 e. The van der Waals surface area contributed by atoms with Crippen molar-refractivity contribution in [2.24, 2.45) is 0 Å². The van der Waals surface area contributed by atoms with Crippen LogP contribution in [0, 0.1) is 0 Å². The molecule has 0 N–H and O–H groups in total. The molecule has 0 aliphatic heterocycles. The Balaban J connectivity index is 1.97. The van der Waals surface area contributed by atoms with Crippen molar-refractivity contribution < 1.29 is 0 Å². The maximum absolute atomic E-state index is 6.50. The molecule has 0 radical (unpaired) electrons. The van der Waals surface area contributed by atoms with E-state index in [1.807, 2.05) is 11.3 Å². The van der Waals surface area contributed by atoms with Gasteiger partial charge in [0.2, 0.25) is 0 Å². The first-order chi connectivity index (χ1) is 11.3. The molecule has 0 aliphatic carbocycles. The molecule has 23 heavy (non-hydrogen) atoms. The molecule has 0 fully saturated rings. The van der Waals surface area contributed by atoms with Gasteiger partial charge in [-0.3, -0.25) is 0 Å². The first-order valence-electron chi connectivity index (χ1n) is 9.11. The van der Waals surface area contributed by atoms with E-state index in [-0.39, 0.29) is 0 Å². The van der Waals surface area contributed by atoms with E-state index in [4.69, 9.17) is 11.6 Å². The molecular weight excluding hydrogens is 340 g/mol. The first-order valence-corrected chi connectivity index (χ1v) is 11.2. The molecule has 0 nitrogen and oxygen atoms in total. The minimum atomic E-state index is 1.00. The lowest BCUT2D eigenvalue weighted by atomic mass is 10.1. The number of thiophene rings is 2. The quantitative estimate of drug-likeness (QED) is 0.349. The SMILES string of the molecule is CCCCCCc1cc(-c2sccc2CCCCCC)sc1Cl. The van der Waals surface area contributed by atoms with Crippen LogP contribution in [0.5, 0.6) is 0 Å². The fourth-order valence-electron chi connectivity index (χ4n) is 2.92. The van der Waals surface area contributed by atoms with Gasteiger partial charge in [0.25, 0.3) is 0 Å². The van der Waals surface area contributed by atoms with Gasteiger partial charge in [-0.2, -0.15) is 0 Å². The molecule has 0 bridgehead atoms. The zero-order chi connectivity index (χ0) is 16.5. The molecule has 0 unspecified atom stereocenters. The van der Waals surface area contributed by atoms with Gasteiger partial charge in [-0.05, 0) is 54.3 Å². The summed E-state index contributed by atoms with van der Waals surface area (Å²) in [6.45, 7) is 4.53. The molecule has 3 heteroatoms. The second kappa shape index (κ2) is 10.5. The molecular formula is C20H29ClS2. The number of aryl methyl sites for hydroxylation is 2. The Bertz CT molecular complexity index is 568. The van der Waals surface area contributed by atoms with Crippen molar-refractivity contribution in [2.75, 3.05) is 0 Å². The van der Waals surface area contributed by atoms with Gasteiger partial charge < -0.3 is 0 Å². The van der Waals surface area contributed by atoms with Gasteiger partial charge in [0, 0.05) is 9.75 Å². The molecule has 2 aromatic heterocycles. The summed E-state index contributed by atoms with van der Waals surface area (Å²) in [7, 11) is 0. The van der Waals surface area contributed by atoms with Gasteiger partial charge in [-0.25, -0.2) is 0 Å². The van der Waals surface area contributed by atoms with Crippen LogP contribution < -0.4 is 0 Å². The number of unbranched alkanes of at least 4 members (excludes halogenated alkanes) is 6. The monoisotopic (exact) mass is 368 g/mol. The molecule has 0 spiro atoms. The minimum absolute atomic E-state index is 1.00. The molecule has 0 atom stereocenters. The zero-order valence-corrected chi connectivity index (χ0v) is 16.9. The van der Waals surface area contributed by atoms with Crippen molar-refractivity contribution in [3.8, 4) is 9.75 Å². The van der Waals surface area contributed by atoms with Crippen molar-refractivity contribution in [1.29, 1.82) is 0 Å². The summed E-state index contributed by atoms with van der Waals surface area (Å²) >= 11 is 10.1. The highest BCUT2D eigenvalue weighted by molar-refractivity contribution is 7.23. The van der Waals surface area contributed by atoms with Crippen LogP contribution in [-0.4, -0.2) is 0 Å². The van der Waals surface area contributed by atoms with Gasteiger partial charge in [-0.1, -0.05) is 64.0 Å². The molecule has 2 aromatic rings. The van der Waals surface area contributed by atoms with E-state index in [1.54, 1.807) is 11.3 Å². The maximum atomic E-state index is 6.50. The topological polar surface area (TPSA) is 0 Å². The molecule has 2 rings (SSSR count). The second-order valence-electron chi connectivity index (χ2n) is 6.31. The van der Waals surface area contributed by atoms with Gasteiger partial charge in [0.1, 0.15) is 0 Å². The molecule has 0 saturated carbocycles. The van der Waals surface area contributed by atoms with Gasteiger partial charge in [0.05, 0.1) is 4.34 Å². The average molecular weight is 369 g/mol. The number of hydrogen-bond acceptors (Lipinski definition) is 2. The van der Waals surface area contributed by atoms with Gasteiger partial charge in [-0.15, -0.1) is 22.7 Å². The van der Waals surface area contributed by atoms with E-state index in [9.17, 15) is 0 Å². The maximum Gasteiger partial charge on any atom is 0.0967 e. The standard InChI is InChI=1S/C20H29ClS2/c1-3-5-7-9-11-16-13-14-22-19(16)18-15-17(20(21)23-18)12-10-8-6-4-2/h13-15H,3-12H2,1-2H3. The number of hydrogen-bond donors (Lipinski definition) is 0. The first kappa shape index (κ1) is 19.0. The predicted molar refractivity (Wildman–Crippen MR) is 108 cm³/mol. The van der Waals surface area contributed by atoms with Crippen LogP contribution in [0.2, 0.25) is 4.34 Å². The van der Waals surface area contributed by atoms with Crippen LogP contribution in [-0.2, 0) is 12.8 Å². The summed E-state index contributed by atoms with van der Waals surface area (Å²) in [5, 5.41) is 2.24. The van der Waals surface area contributed by atoms with E-state index in [1.165, 1.54) is 78.7 Å². The fourth-order valence-corrected chi connectivity index (χ4v) is 5.36. The van der Waals surface area contributed by atoms with E-state index >= 15 is 0 Å². The summed E-state index contributed by atoms with van der Waals surface area (Å²) in [5.41, 5.74) is 2.87. The van der Waals surface area contributed by atoms with E-state index in [0.29, 0.717) is 0 Å². The van der Waals surface area contributed by atoms with Crippen molar-refractivity contribution in [3.63, 3.8) is 0 Å². The Morgan fingerprint density at radius 1 is 0.870 bits per heavy atom. The summed E-state index contributed by atoms with van der Waals surface area (Å²) in [6, 6.07) is 4.65. The van der Waals surface area contributed by atoms with Crippen LogP contribution in [0.25, 0.3) is 9.75 Å². The average Bonchev–Trinajstić information content (AvgIpc) is 3.15. The van der Waals surface area contributed by atoms with Crippen LogP contribution in [0.1, 0.15) is 76.3 Å². The lowest BCUT2D eigenvalue weighted by Gasteiger charge is -2.02. The fraction of sp³-hybridized carbons (Fsp3) is 0.600. The Hall–Kier alpha value is -0.310. The smallest absolute Gasteiger partial charge is 0.0967 e. The Kier molecular flexibility index (Phi) is 8.71. The van der Waals surface area contributed by atoms with E-state index < -0.39 is 0 Å². The van der Waals surface area contributed by atoms with Gasteiger partial charge in [0.15, 0.2) is 0 Å². The number of halogens is 1. The normalized spacial score (nSPS) is 11.3. The third kappa shape index (κ3) is 5.92.